The van der Waals surface area contributed by atoms with Crippen molar-refractivity contribution in [3.05, 3.63) is 76.4 Å². The molecule has 0 saturated carbocycles. The molecule has 3 aromatic rings. The molecule has 3 rings (SSSR count). The van der Waals surface area contributed by atoms with E-state index in [0.717, 1.165) is 25.3 Å². The molecule has 3 aromatic carbocycles. The average Bonchev–Trinajstić information content (AvgIpc) is 2.74. The maximum Gasteiger partial charge on any atom is 0.200 e. The SMILES string of the molecule is COc1c(-c2c(F)c(F)c(F)c(F)c2F)cccc1-c1c(F)c(F)c(F)c(F)c1F. The molecule has 0 amide bonds. The van der Waals surface area contributed by atoms with Gasteiger partial charge < -0.3 is 4.74 Å². The van der Waals surface area contributed by atoms with E-state index in [4.69, 9.17) is 4.74 Å². The highest BCUT2D eigenvalue weighted by Gasteiger charge is 2.32. The summed E-state index contributed by atoms with van der Waals surface area (Å²) in [5.74, 6) is -24.2. The molecule has 158 valence electrons. The van der Waals surface area contributed by atoms with Crippen LogP contribution in [0, 0.1) is 58.2 Å². The molecule has 0 aliphatic heterocycles. The zero-order chi connectivity index (χ0) is 22.5. The summed E-state index contributed by atoms with van der Waals surface area (Å²) in [6, 6.07) is 2.38. The van der Waals surface area contributed by atoms with E-state index in [2.05, 4.69) is 0 Å². The summed E-state index contributed by atoms with van der Waals surface area (Å²) in [6.07, 6.45) is 0. The summed E-state index contributed by atoms with van der Waals surface area (Å²) in [6.45, 7) is 0. The molecule has 0 N–H and O–H groups in total. The Balaban J connectivity index is 2.44. The number of benzene rings is 3. The van der Waals surface area contributed by atoms with Gasteiger partial charge in [0.2, 0.25) is 11.6 Å². The molecule has 0 aliphatic rings. The second kappa shape index (κ2) is 7.54. The fourth-order valence-corrected chi connectivity index (χ4v) is 2.83. The van der Waals surface area contributed by atoms with Crippen molar-refractivity contribution in [1.82, 2.24) is 0 Å². The Kier molecular flexibility index (Phi) is 5.40. The molecule has 0 aromatic heterocycles. The molecule has 0 spiro atoms. The van der Waals surface area contributed by atoms with Gasteiger partial charge in [-0.3, -0.25) is 0 Å². The summed E-state index contributed by atoms with van der Waals surface area (Å²) in [4.78, 5) is 0. The Hall–Kier alpha value is -3.24. The van der Waals surface area contributed by atoms with Crippen molar-refractivity contribution in [3.63, 3.8) is 0 Å². The van der Waals surface area contributed by atoms with Gasteiger partial charge in [-0.25, -0.2) is 43.9 Å². The second-order valence-corrected chi connectivity index (χ2v) is 5.78. The van der Waals surface area contributed by atoms with Gasteiger partial charge in [-0.2, -0.15) is 0 Å². The van der Waals surface area contributed by atoms with Gasteiger partial charge in [0.05, 0.1) is 18.2 Å². The quantitative estimate of drug-likeness (QED) is 0.260. The first-order valence-corrected chi connectivity index (χ1v) is 7.75. The van der Waals surface area contributed by atoms with E-state index in [-0.39, 0.29) is 0 Å². The van der Waals surface area contributed by atoms with Crippen molar-refractivity contribution in [3.8, 4) is 28.0 Å². The predicted molar refractivity (Wildman–Crippen MR) is 83.4 cm³/mol. The standard InChI is InChI=1S/C19H6F10O/c1-30-19-5(7-9(20)13(24)17(28)14(25)10(7)21)3-2-4-6(19)8-11(22)15(26)18(29)16(27)12(8)23/h2-4H,1H3. The van der Waals surface area contributed by atoms with Gasteiger partial charge in [-0.1, -0.05) is 18.2 Å². The Morgan fingerprint density at radius 1 is 0.467 bits per heavy atom. The van der Waals surface area contributed by atoms with E-state index in [0.29, 0.717) is 0 Å². The number of halogens is 10. The zero-order valence-corrected chi connectivity index (χ0v) is 14.4. The molecule has 11 heteroatoms. The van der Waals surface area contributed by atoms with Crippen molar-refractivity contribution in [1.29, 1.82) is 0 Å². The van der Waals surface area contributed by atoms with Crippen LogP contribution >= 0.6 is 0 Å². The lowest BCUT2D eigenvalue weighted by Gasteiger charge is -2.17. The van der Waals surface area contributed by atoms with Crippen LogP contribution in [0.5, 0.6) is 5.75 Å². The normalized spacial score (nSPS) is 11.2. The van der Waals surface area contributed by atoms with Crippen LogP contribution < -0.4 is 4.74 Å². The molecule has 1 nitrogen and oxygen atoms in total. The molecule has 0 saturated heterocycles. The lowest BCUT2D eigenvalue weighted by atomic mass is 9.95. The Bertz CT molecular complexity index is 1040. The van der Waals surface area contributed by atoms with Crippen molar-refractivity contribution in [2.24, 2.45) is 0 Å². The van der Waals surface area contributed by atoms with Gasteiger partial charge in [0.1, 0.15) is 5.75 Å². The second-order valence-electron chi connectivity index (χ2n) is 5.78. The van der Waals surface area contributed by atoms with Crippen LogP contribution in [-0.4, -0.2) is 7.11 Å². The number of para-hydroxylation sites is 1. The summed E-state index contributed by atoms with van der Waals surface area (Å²) in [5.41, 5.74) is -4.80. The fourth-order valence-electron chi connectivity index (χ4n) is 2.83. The van der Waals surface area contributed by atoms with Crippen molar-refractivity contribution < 1.29 is 48.6 Å². The van der Waals surface area contributed by atoms with Gasteiger partial charge in [0, 0.05) is 11.1 Å². The van der Waals surface area contributed by atoms with Crippen molar-refractivity contribution >= 4 is 0 Å². The summed E-state index contributed by atoms with van der Waals surface area (Å²) in [5, 5.41) is 0. The maximum absolute atomic E-state index is 14.2. The first kappa shape index (κ1) is 21.5. The smallest absolute Gasteiger partial charge is 0.200 e. The first-order valence-electron chi connectivity index (χ1n) is 7.75. The highest BCUT2D eigenvalue weighted by molar-refractivity contribution is 5.83. The molecule has 0 aliphatic carbocycles. The molecule has 0 atom stereocenters. The fraction of sp³-hybridized carbons (Fsp3) is 0.0526. The van der Waals surface area contributed by atoms with Gasteiger partial charge in [0.25, 0.3) is 0 Å². The lowest BCUT2D eigenvalue weighted by Crippen LogP contribution is -2.07. The Morgan fingerprint density at radius 2 is 0.733 bits per heavy atom. The van der Waals surface area contributed by atoms with Crippen LogP contribution in [0.25, 0.3) is 22.3 Å². The number of methoxy groups -OCH3 is 1. The predicted octanol–water partition coefficient (Wildman–Crippen LogP) is 6.42. The molecule has 0 heterocycles. The summed E-state index contributed by atoms with van der Waals surface area (Å²) < 4.78 is 142. The molecule has 0 radical (unpaired) electrons. The van der Waals surface area contributed by atoms with Crippen LogP contribution in [-0.2, 0) is 0 Å². The summed E-state index contributed by atoms with van der Waals surface area (Å²) in [7, 11) is 0.792. The monoisotopic (exact) mass is 440 g/mol. The molecule has 0 fully saturated rings. The average molecular weight is 440 g/mol. The molecular formula is C19H6F10O. The van der Waals surface area contributed by atoms with Crippen molar-refractivity contribution in [2.45, 2.75) is 0 Å². The minimum absolute atomic E-state index is 0.770. The maximum atomic E-state index is 14.2. The third-order valence-corrected chi connectivity index (χ3v) is 4.18. The number of hydrogen-bond donors (Lipinski definition) is 0. The Labute approximate surface area is 161 Å². The number of ether oxygens (including phenoxy) is 1. The van der Waals surface area contributed by atoms with E-state index in [1.54, 1.807) is 0 Å². The molecule has 30 heavy (non-hydrogen) atoms. The van der Waals surface area contributed by atoms with Gasteiger partial charge in [-0.15, -0.1) is 0 Å². The third-order valence-electron chi connectivity index (χ3n) is 4.18. The van der Waals surface area contributed by atoms with Crippen LogP contribution in [0.2, 0.25) is 0 Å². The van der Waals surface area contributed by atoms with Crippen LogP contribution in [0.1, 0.15) is 0 Å². The minimum atomic E-state index is -2.45. The van der Waals surface area contributed by atoms with Gasteiger partial charge in [0.15, 0.2) is 46.5 Å². The van der Waals surface area contributed by atoms with Crippen LogP contribution in [0.15, 0.2) is 18.2 Å². The largest absolute Gasteiger partial charge is 0.495 e. The van der Waals surface area contributed by atoms with Crippen LogP contribution in [0.4, 0.5) is 43.9 Å². The highest BCUT2D eigenvalue weighted by atomic mass is 19.2. The molecule has 0 bridgehead atoms. The topological polar surface area (TPSA) is 9.23 Å². The van der Waals surface area contributed by atoms with Gasteiger partial charge >= 0.3 is 0 Å². The zero-order valence-electron chi connectivity index (χ0n) is 14.4. The molecule has 0 unspecified atom stereocenters. The molecular weight excluding hydrogens is 434 g/mol. The minimum Gasteiger partial charge on any atom is -0.495 e. The van der Waals surface area contributed by atoms with Crippen LogP contribution in [0.3, 0.4) is 0 Å². The van der Waals surface area contributed by atoms with Crippen molar-refractivity contribution in [2.75, 3.05) is 7.11 Å². The number of rotatable bonds is 3. The van der Waals surface area contributed by atoms with E-state index in [9.17, 15) is 43.9 Å². The van der Waals surface area contributed by atoms with Gasteiger partial charge in [-0.05, 0) is 0 Å². The first-order chi connectivity index (χ1) is 14.0. The van der Waals surface area contributed by atoms with E-state index in [1.807, 2.05) is 0 Å². The number of hydrogen-bond acceptors (Lipinski definition) is 1. The van der Waals surface area contributed by atoms with E-state index in [1.165, 1.54) is 0 Å². The third kappa shape index (κ3) is 2.96. The highest BCUT2D eigenvalue weighted by Crippen LogP contribution is 2.44. The van der Waals surface area contributed by atoms with E-state index >= 15 is 0 Å². The lowest BCUT2D eigenvalue weighted by molar-refractivity contribution is 0.378. The van der Waals surface area contributed by atoms with E-state index < -0.39 is 86.2 Å². The Morgan fingerprint density at radius 3 is 1.00 bits per heavy atom. The summed E-state index contributed by atoms with van der Waals surface area (Å²) >= 11 is 0.